The quantitative estimate of drug-likeness (QED) is 0.0775. The number of nitrogens with zero attached hydrogens (tertiary/aromatic N) is 19. The molecule has 0 N–H and O–H groups in total. The van der Waals surface area contributed by atoms with Crippen molar-refractivity contribution in [1.29, 1.82) is 0 Å². The van der Waals surface area contributed by atoms with Gasteiger partial charge in [0.15, 0.2) is 0 Å². The molecule has 19 nitrogen and oxygen atoms in total. The molecule has 0 bridgehead atoms. The van der Waals surface area contributed by atoms with Crippen LogP contribution in [-0.4, -0.2) is 94.7 Å². The number of hydrogen-bond acceptors (Lipinski definition) is 38. The first-order valence-corrected chi connectivity index (χ1v) is 43.7. The summed E-state index contributed by atoms with van der Waals surface area (Å²) < 4.78 is 0. The Bertz CT molecular complexity index is 5550. The lowest BCUT2D eigenvalue weighted by atomic mass is 10.4. The Morgan fingerprint density at radius 2 is 0.326 bits per heavy atom. The smallest absolute Gasteiger partial charge is 0.143 e. The van der Waals surface area contributed by atoms with Crippen molar-refractivity contribution in [2.45, 2.75) is 0 Å². The fraction of sp³-hybridized carbons (Fsp3) is 0. The lowest BCUT2D eigenvalue weighted by molar-refractivity contribution is 1.28. The van der Waals surface area contributed by atoms with Crippen LogP contribution in [0.25, 0.3) is 193 Å². The van der Waals surface area contributed by atoms with E-state index in [1.807, 2.05) is 108 Å². The molecule has 0 amide bonds. The van der Waals surface area contributed by atoms with E-state index in [1.54, 1.807) is 204 Å². The molecule has 19 heterocycles. The van der Waals surface area contributed by atoms with Gasteiger partial charge >= 0.3 is 0 Å². The Kier molecular flexibility index (Phi) is 15.7. The van der Waals surface area contributed by atoms with Crippen molar-refractivity contribution in [2.75, 3.05) is 0 Å². The molecule has 0 atom stereocenters. The highest BCUT2D eigenvalue weighted by atomic mass is 32.2. The Labute approximate surface area is 609 Å². The average molecular weight is 1580 g/mol. The van der Waals surface area contributed by atoms with Crippen molar-refractivity contribution in [3.63, 3.8) is 0 Å². The molecular weight excluding hydrogens is 1560 g/mol. The molecule has 0 saturated heterocycles. The normalized spacial score (nSPS) is 11.8. The van der Waals surface area contributed by atoms with Crippen LogP contribution in [0.5, 0.6) is 0 Å². The van der Waals surface area contributed by atoms with E-state index in [1.165, 1.54) is 11.3 Å². The van der Waals surface area contributed by atoms with Crippen molar-refractivity contribution >= 4 is 215 Å². The van der Waals surface area contributed by atoms with Gasteiger partial charge in [-0.2, -0.15) is 0 Å². The van der Waals surface area contributed by atoms with Gasteiger partial charge in [-0.1, -0.05) is 0 Å². The minimum absolute atomic E-state index is 0.794. The minimum atomic E-state index is 0.794. The van der Waals surface area contributed by atoms with Crippen LogP contribution in [0.4, 0.5) is 0 Å². The fourth-order valence-electron chi connectivity index (χ4n) is 8.95. The molecule has 0 aliphatic heterocycles. The standard InChI is InChI=1S/C57H20N19S19/c1-2-78-40(58-1)23-4-80-42(60-23)25-6-82-44(62-25)27-8-84-46(64-27)29-10-86-48(66-29)31-12-88-50(68-31)33-14-90-52(70-33)35-16-92-54(72-35)37-18-94-56(74-37)39-20-95-57(76-39)38-19-93-55(75-38)36-17-91-53(73-36)34-15-89-51(71-34)32-13-87-49(69-32)30-11-85-47(67-30)28-9-83-45(65-28)26-7-81-43(63-26)24-5-79-41(61-24)22-3-77-21-59-22/h2-21H. The van der Waals surface area contributed by atoms with Crippen molar-refractivity contribution in [3.05, 3.63) is 114 Å². The molecule has 0 saturated carbocycles. The van der Waals surface area contributed by atoms with E-state index in [0.717, 1.165) is 193 Å². The minimum Gasteiger partial charge on any atom is -0.242 e. The summed E-state index contributed by atoms with van der Waals surface area (Å²) in [6.07, 6.45) is 2.86. The van der Waals surface area contributed by atoms with Gasteiger partial charge in [-0.15, -0.1) is 215 Å². The second-order valence-corrected chi connectivity index (χ2v) is 35.5. The van der Waals surface area contributed by atoms with E-state index >= 15 is 0 Å². The first kappa shape index (κ1) is 59.3. The van der Waals surface area contributed by atoms with Crippen LogP contribution in [0.3, 0.4) is 0 Å². The molecule has 0 unspecified atom stereocenters. The predicted octanol–water partition coefficient (Wildman–Crippen LogP) is 21.2. The fourth-order valence-corrected chi connectivity index (χ4v) is 24.4. The lowest BCUT2D eigenvalue weighted by Crippen LogP contribution is -1.83. The van der Waals surface area contributed by atoms with Crippen LogP contribution in [0, 0.1) is 6.20 Å². The van der Waals surface area contributed by atoms with Crippen LogP contribution in [-0.2, 0) is 0 Å². The molecule has 0 fully saturated rings. The summed E-state index contributed by atoms with van der Waals surface area (Å²) in [5.74, 6) is 0. The van der Waals surface area contributed by atoms with Crippen LogP contribution >= 0.6 is 215 Å². The summed E-state index contributed by atoms with van der Waals surface area (Å²) in [5, 5.41) is 53.2. The number of hydrogen-bond donors (Lipinski definition) is 0. The van der Waals surface area contributed by atoms with E-state index in [0.29, 0.717) is 0 Å². The van der Waals surface area contributed by atoms with Gasteiger partial charge in [-0.05, 0) is 0 Å². The van der Waals surface area contributed by atoms with Gasteiger partial charge in [0, 0.05) is 102 Å². The third-order valence-electron chi connectivity index (χ3n) is 13.3. The summed E-state index contributed by atoms with van der Waals surface area (Å²) in [5.41, 5.74) is 16.5. The van der Waals surface area contributed by atoms with Gasteiger partial charge in [-0.3, -0.25) is 0 Å². The molecule has 95 heavy (non-hydrogen) atoms. The number of rotatable bonds is 18. The highest BCUT2D eigenvalue weighted by Gasteiger charge is 2.24. The van der Waals surface area contributed by atoms with E-state index < -0.39 is 0 Å². The molecule has 457 valence electrons. The van der Waals surface area contributed by atoms with Crippen molar-refractivity contribution in [1.82, 2.24) is 94.7 Å². The molecule has 0 aliphatic rings. The molecule has 19 aromatic rings. The first-order chi connectivity index (χ1) is 46.9. The van der Waals surface area contributed by atoms with Crippen LogP contribution in [0.1, 0.15) is 0 Å². The SMILES string of the molecule is [c]1csc(-c2csc(-c3csc(-c4csc(-c5csc(-c6csc(-c7csc(-c8csc(-c9csc(-c%10csc(-c%11csc(-c%12csc(-c%13csc(-c%14csc(-c%15csc(-c%16csc(-c%17csc(-c%18csc(-c%19cscn%19)n%18)n%17)n%16)n%15)n%14)n%13)n%12)n%11)n%10)n9)n8)n7)n6)n5)n4)n3)n2)n1. The predicted molar refractivity (Wildman–Crippen MR) is 401 cm³/mol. The zero-order valence-electron chi connectivity index (χ0n) is 46.3. The van der Waals surface area contributed by atoms with Crippen LogP contribution < -0.4 is 0 Å². The second-order valence-electron chi connectivity index (χ2n) is 19.3. The van der Waals surface area contributed by atoms with Gasteiger partial charge in [0.05, 0.1) is 5.51 Å². The Balaban J connectivity index is 0.470. The maximum absolute atomic E-state index is 4.99. The molecule has 19 rings (SSSR count). The van der Waals surface area contributed by atoms with Gasteiger partial charge in [0.2, 0.25) is 0 Å². The van der Waals surface area contributed by atoms with Gasteiger partial charge in [0.25, 0.3) is 0 Å². The van der Waals surface area contributed by atoms with E-state index in [2.05, 4.69) is 16.2 Å². The second kappa shape index (κ2) is 25.1. The molecule has 0 aromatic carbocycles. The zero-order chi connectivity index (χ0) is 62.5. The van der Waals surface area contributed by atoms with E-state index in [4.69, 9.17) is 84.7 Å². The monoisotopic (exact) mass is 1580 g/mol. The molecule has 19 aromatic heterocycles. The number of aromatic nitrogens is 19. The van der Waals surface area contributed by atoms with Crippen LogP contribution in [0.2, 0.25) is 0 Å². The molecule has 1 radical (unpaired) electrons. The van der Waals surface area contributed by atoms with E-state index in [-0.39, 0.29) is 0 Å². The molecule has 0 spiro atoms. The lowest BCUT2D eigenvalue weighted by Gasteiger charge is -1.91. The summed E-state index contributed by atoms with van der Waals surface area (Å²) in [4.78, 5) is 92.4. The van der Waals surface area contributed by atoms with E-state index in [9.17, 15) is 0 Å². The first-order valence-electron chi connectivity index (χ1n) is 26.9. The van der Waals surface area contributed by atoms with Crippen molar-refractivity contribution in [2.24, 2.45) is 0 Å². The third-order valence-corrected chi connectivity index (χ3v) is 29.4. The maximum Gasteiger partial charge on any atom is 0.143 e. The van der Waals surface area contributed by atoms with Gasteiger partial charge in [0.1, 0.15) is 199 Å². The largest absolute Gasteiger partial charge is 0.242 e. The molecule has 0 aliphatic carbocycles. The van der Waals surface area contributed by atoms with Gasteiger partial charge < -0.3 is 0 Å². The Morgan fingerprint density at radius 1 is 0.168 bits per heavy atom. The summed E-state index contributed by atoms with van der Waals surface area (Å²) >= 11 is 29.4. The zero-order valence-corrected chi connectivity index (χ0v) is 61.8. The Hall–Kier alpha value is -7.03. The number of thiazole rings is 19. The summed E-state index contributed by atoms with van der Waals surface area (Å²) in [6.45, 7) is 0. The Morgan fingerprint density at radius 3 is 0.463 bits per heavy atom. The summed E-state index contributed by atoms with van der Waals surface area (Å²) in [6, 6.07) is 0. The summed E-state index contributed by atoms with van der Waals surface area (Å²) in [7, 11) is 0. The molecule has 38 heteroatoms. The highest BCUT2D eigenvalue weighted by molar-refractivity contribution is 7.22. The maximum atomic E-state index is 4.99. The van der Waals surface area contributed by atoms with Crippen molar-refractivity contribution in [3.8, 4) is 193 Å². The highest BCUT2D eigenvalue weighted by Crippen LogP contribution is 2.44. The molecular formula is C57H20N19S19. The topological polar surface area (TPSA) is 245 Å². The average Bonchev–Trinajstić information content (AvgIpc) is 1.69. The van der Waals surface area contributed by atoms with Gasteiger partial charge in [-0.25, -0.2) is 94.7 Å². The third kappa shape index (κ3) is 11.7. The van der Waals surface area contributed by atoms with Crippen LogP contribution in [0.15, 0.2) is 108 Å². The van der Waals surface area contributed by atoms with Crippen molar-refractivity contribution < 1.29 is 0 Å².